The molecule has 3 rings (SSSR count). The van der Waals surface area contributed by atoms with Crippen molar-refractivity contribution in [3.05, 3.63) is 69.5 Å². The van der Waals surface area contributed by atoms with Crippen LogP contribution in [-0.4, -0.2) is 48.6 Å². The zero-order valence-electron chi connectivity index (χ0n) is 16.2. The molecule has 0 bridgehead atoms. The van der Waals surface area contributed by atoms with Crippen LogP contribution in [-0.2, 0) is 16.1 Å². The summed E-state index contributed by atoms with van der Waals surface area (Å²) in [5.74, 6) is -1.82. The number of nitro benzene ring substituents is 1. The molecule has 1 fully saturated rings. The summed E-state index contributed by atoms with van der Waals surface area (Å²) in [6.45, 7) is 1.16. The van der Waals surface area contributed by atoms with Gasteiger partial charge in [-0.15, -0.1) is 0 Å². The Morgan fingerprint density at radius 2 is 1.97 bits per heavy atom. The summed E-state index contributed by atoms with van der Waals surface area (Å²) < 4.78 is 24.1. The summed E-state index contributed by atoms with van der Waals surface area (Å²) in [6, 6.07) is 11.1. The maximum absolute atomic E-state index is 14.3. The number of halogens is 1. The molecule has 1 aliphatic heterocycles. The zero-order valence-corrected chi connectivity index (χ0v) is 16.2. The molecule has 1 heterocycles. The quantitative estimate of drug-likeness (QED) is 0.418. The maximum Gasteiger partial charge on any atom is 0.410 e. The number of anilines is 1. The Morgan fingerprint density at radius 3 is 2.60 bits per heavy atom. The van der Waals surface area contributed by atoms with Gasteiger partial charge in [0.1, 0.15) is 12.3 Å². The van der Waals surface area contributed by atoms with Crippen molar-refractivity contribution in [3.63, 3.8) is 0 Å². The van der Waals surface area contributed by atoms with Crippen molar-refractivity contribution in [2.24, 2.45) is 5.92 Å². The molecule has 10 heteroatoms. The number of hydrogen-bond donors (Lipinski definition) is 1. The van der Waals surface area contributed by atoms with Crippen LogP contribution in [0.4, 0.5) is 20.6 Å². The molecule has 1 saturated heterocycles. The SMILES string of the molecule is COC(=O)c1cc(F)c(NCC2CN(C(=O)OCc3ccccc3)C2)c([N+](=O)[O-])c1. The number of esters is 1. The highest BCUT2D eigenvalue weighted by molar-refractivity contribution is 5.91. The van der Waals surface area contributed by atoms with Crippen LogP contribution in [0, 0.1) is 21.8 Å². The number of nitrogens with one attached hydrogen (secondary N) is 1. The Kier molecular flexibility index (Phi) is 6.45. The zero-order chi connectivity index (χ0) is 21.7. The molecule has 30 heavy (non-hydrogen) atoms. The maximum atomic E-state index is 14.3. The topological polar surface area (TPSA) is 111 Å². The molecule has 0 aliphatic carbocycles. The number of carbonyl (C=O) groups is 2. The van der Waals surface area contributed by atoms with Gasteiger partial charge in [-0.3, -0.25) is 10.1 Å². The van der Waals surface area contributed by atoms with Crippen LogP contribution in [0.1, 0.15) is 15.9 Å². The molecule has 9 nitrogen and oxygen atoms in total. The highest BCUT2D eigenvalue weighted by atomic mass is 19.1. The van der Waals surface area contributed by atoms with Gasteiger partial charge in [0.05, 0.1) is 17.6 Å². The summed E-state index contributed by atoms with van der Waals surface area (Å²) in [6.07, 6.45) is -0.449. The lowest BCUT2D eigenvalue weighted by molar-refractivity contribution is -0.384. The Labute approximate surface area is 171 Å². The van der Waals surface area contributed by atoms with Crippen molar-refractivity contribution < 1.29 is 28.4 Å². The van der Waals surface area contributed by atoms with E-state index in [0.29, 0.717) is 13.1 Å². The van der Waals surface area contributed by atoms with E-state index < -0.39 is 28.5 Å². The average molecular weight is 417 g/mol. The van der Waals surface area contributed by atoms with Crippen molar-refractivity contribution >= 4 is 23.4 Å². The third-order valence-corrected chi connectivity index (χ3v) is 4.68. The number of nitro groups is 1. The molecule has 0 atom stereocenters. The van der Waals surface area contributed by atoms with E-state index in [-0.39, 0.29) is 30.3 Å². The Morgan fingerprint density at radius 1 is 1.27 bits per heavy atom. The predicted octanol–water partition coefficient (Wildman–Crippen LogP) is 3.20. The third-order valence-electron chi connectivity index (χ3n) is 4.68. The predicted molar refractivity (Wildman–Crippen MR) is 105 cm³/mol. The lowest BCUT2D eigenvalue weighted by atomic mass is 10.0. The number of ether oxygens (including phenoxy) is 2. The van der Waals surface area contributed by atoms with Gasteiger partial charge in [0, 0.05) is 31.6 Å². The molecular formula is C20H20FN3O6. The largest absolute Gasteiger partial charge is 0.465 e. The number of rotatable bonds is 7. The second-order valence-corrected chi connectivity index (χ2v) is 6.79. The first-order valence-electron chi connectivity index (χ1n) is 9.14. The van der Waals surface area contributed by atoms with Crippen molar-refractivity contribution in [1.29, 1.82) is 0 Å². The van der Waals surface area contributed by atoms with Gasteiger partial charge >= 0.3 is 12.1 Å². The van der Waals surface area contributed by atoms with E-state index in [4.69, 9.17) is 4.74 Å². The number of benzene rings is 2. The smallest absolute Gasteiger partial charge is 0.410 e. The molecule has 0 aromatic heterocycles. The van der Waals surface area contributed by atoms with Crippen LogP contribution in [0.25, 0.3) is 0 Å². The van der Waals surface area contributed by atoms with E-state index in [0.717, 1.165) is 24.8 Å². The van der Waals surface area contributed by atoms with E-state index >= 15 is 0 Å². The van der Waals surface area contributed by atoms with E-state index in [1.54, 1.807) is 0 Å². The molecule has 158 valence electrons. The molecule has 2 aromatic rings. The highest BCUT2D eigenvalue weighted by Gasteiger charge is 2.32. The van der Waals surface area contributed by atoms with Gasteiger partial charge in [-0.1, -0.05) is 30.3 Å². The van der Waals surface area contributed by atoms with Crippen LogP contribution in [0.3, 0.4) is 0 Å². The van der Waals surface area contributed by atoms with Gasteiger partial charge in [0.2, 0.25) is 0 Å². The van der Waals surface area contributed by atoms with Crippen LogP contribution in [0.15, 0.2) is 42.5 Å². The average Bonchev–Trinajstić information content (AvgIpc) is 2.71. The fourth-order valence-corrected chi connectivity index (χ4v) is 3.05. The third kappa shape index (κ3) is 4.83. The second-order valence-electron chi connectivity index (χ2n) is 6.79. The van der Waals surface area contributed by atoms with Crippen molar-refractivity contribution in [2.45, 2.75) is 6.61 Å². The number of methoxy groups -OCH3 is 1. The van der Waals surface area contributed by atoms with Crippen molar-refractivity contribution in [2.75, 3.05) is 32.1 Å². The van der Waals surface area contributed by atoms with E-state index in [1.165, 1.54) is 4.90 Å². The minimum Gasteiger partial charge on any atom is -0.465 e. The lowest BCUT2D eigenvalue weighted by Crippen LogP contribution is -2.52. The number of likely N-dealkylation sites (tertiary alicyclic amines) is 1. The molecule has 1 aliphatic rings. The summed E-state index contributed by atoms with van der Waals surface area (Å²) in [4.78, 5) is 35.6. The minimum atomic E-state index is -0.928. The van der Waals surface area contributed by atoms with Gasteiger partial charge < -0.3 is 19.7 Å². The first kappa shape index (κ1) is 21.0. The fourth-order valence-electron chi connectivity index (χ4n) is 3.05. The molecule has 1 N–H and O–H groups in total. The molecule has 2 aromatic carbocycles. The van der Waals surface area contributed by atoms with Crippen LogP contribution >= 0.6 is 0 Å². The summed E-state index contributed by atoms with van der Waals surface area (Å²) in [7, 11) is 1.10. The number of hydrogen-bond acceptors (Lipinski definition) is 7. The van der Waals surface area contributed by atoms with Crippen molar-refractivity contribution in [3.8, 4) is 0 Å². The molecule has 0 saturated carbocycles. The van der Waals surface area contributed by atoms with E-state index in [1.807, 2.05) is 30.3 Å². The minimum absolute atomic E-state index is 0.0198. The van der Waals surface area contributed by atoms with Crippen LogP contribution < -0.4 is 5.32 Å². The molecule has 1 amide bonds. The number of amides is 1. The van der Waals surface area contributed by atoms with Gasteiger partial charge in [-0.05, 0) is 11.6 Å². The van der Waals surface area contributed by atoms with Gasteiger partial charge in [-0.2, -0.15) is 0 Å². The Balaban J connectivity index is 1.53. The van der Waals surface area contributed by atoms with Crippen LogP contribution in [0.2, 0.25) is 0 Å². The monoisotopic (exact) mass is 417 g/mol. The number of nitrogens with zero attached hydrogens (tertiary/aromatic N) is 2. The Bertz CT molecular complexity index is 947. The highest BCUT2D eigenvalue weighted by Crippen LogP contribution is 2.30. The van der Waals surface area contributed by atoms with E-state index in [2.05, 4.69) is 10.1 Å². The van der Waals surface area contributed by atoms with E-state index in [9.17, 15) is 24.1 Å². The summed E-state index contributed by atoms with van der Waals surface area (Å²) >= 11 is 0. The summed E-state index contributed by atoms with van der Waals surface area (Å²) in [5.41, 5.74) is -0.238. The van der Waals surface area contributed by atoms with Crippen LogP contribution in [0.5, 0.6) is 0 Å². The first-order chi connectivity index (χ1) is 14.4. The fraction of sp³-hybridized carbons (Fsp3) is 0.300. The normalized spacial score (nSPS) is 13.3. The van der Waals surface area contributed by atoms with Crippen molar-refractivity contribution in [1.82, 2.24) is 4.90 Å². The molecular weight excluding hydrogens is 397 g/mol. The molecule has 0 unspecified atom stereocenters. The summed E-state index contributed by atoms with van der Waals surface area (Å²) in [5, 5.41) is 14.0. The Hall–Kier alpha value is -3.69. The number of carbonyl (C=O) groups excluding carboxylic acids is 2. The molecule has 0 radical (unpaired) electrons. The van der Waals surface area contributed by atoms with Gasteiger partial charge in [0.15, 0.2) is 5.82 Å². The van der Waals surface area contributed by atoms with Gasteiger partial charge in [0.25, 0.3) is 5.69 Å². The first-order valence-corrected chi connectivity index (χ1v) is 9.14. The van der Waals surface area contributed by atoms with Gasteiger partial charge in [-0.25, -0.2) is 14.0 Å². The lowest BCUT2D eigenvalue weighted by Gasteiger charge is -2.38. The standard InChI is InChI=1S/C20H20FN3O6/c1-29-19(25)15-7-16(21)18(17(8-15)24(27)28)22-9-14-10-23(11-14)20(26)30-12-13-5-3-2-4-6-13/h2-8,14,22H,9-12H2,1H3. The second kappa shape index (κ2) is 9.21. The molecule has 0 spiro atoms.